The highest BCUT2D eigenvalue weighted by Gasteiger charge is 2.17. The minimum absolute atomic E-state index is 0.187. The summed E-state index contributed by atoms with van der Waals surface area (Å²) in [4.78, 5) is 2.27. The molecule has 0 saturated carbocycles. The molecule has 0 fully saturated rings. The number of likely N-dealkylation sites (N-methyl/N-ethyl adjacent to an activating group) is 1. The van der Waals surface area contributed by atoms with Crippen LogP contribution in [0, 0.1) is 0 Å². The number of hydrogen-bond donors (Lipinski definition) is 1. The van der Waals surface area contributed by atoms with E-state index in [4.69, 9.17) is 17.3 Å². The Morgan fingerprint density at radius 3 is 2.76 bits per heavy atom. The van der Waals surface area contributed by atoms with E-state index in [2.05, 4.69) is 40.9 Å². The van der Waals surface area contributed by atoms with Gasteiger partial charge in [-0.05, 0) is 43.8 Å². The molecule has 0 radical (unpaired) electrons. The fraction of sp³-hybridized carbons (Fsp3) is 0.538. The number of hydrogen-bond acceptors (Lipinski definition) is 2. The van der Waals surface area contributed by atoms with E-state index >= 15 is 0 Å². The van der Waals surface area contributed by atoms with Crippen molar-refractivity contribution in [2.75, 3.05) is 20.1 Å². The third-order valence-corrected chi connectivity index (χ3v) is 3.77. The summed E-state index contributed by atoms with van der Waals surface area (Å²) in [6, 6.07) is 6.11. The van der Waals surface area contributed by atoms with Gasteiger partial charge in [0.1, 0.15) is 0 Å². The molecule has 1 aromatic rings. The van der Waals surface area contributed by atoms with Gasteiger partial charge < -0.3 is 5.73 Å². The molecule has 0 bridgehead atoms. The lowest BCUT2D eigenvalue weighted by Crippen LogP contribution is -2.31. The molecular weight excluding hydrogens is 300 g/mol. The molecule has 0 amide bonds. The maximum Gasteiger partial charge on any atom is 0.0482 e. The van der Waals surface area contributed by atoms with Gasteiger partial charge in [-0.2, -0.15) is 0 Å². The monoisotopic (exact) mass is 318 g/mol. The summed E-state index contributed by atoms with van der Waals surface area (Å²) in [5.41, 5.74) is 6.98. The molecule has 0 aliphatic carbocycles. The highest BCUT2D eigenvalue weighted by atomic mass is 79.9. The van der Waals surface area contributed by atoms with Crippen LogP contribution in [-0.2, 0) is 0 Å². The predicted octanol–water partition coefficient (Wildman–Crippen LogP) is 3.83. The summed E-state index contributed by atoms with van der Waals surface area (Å²) < 4.78 is 1.04. The molecule has 0 saturated heterocycles. The summed E-state index contributed by atoms with van der Waals surface area (Å²) in [7, 11) is 2.10. The molecule has 1 rings (SSSR count). The fourth-order valence-electron chi connectivity index (χ4n) is 1.88. The van der Waals surface area contributed by atoms with E-state index in [0.717, 1.165) is 21.6 Å². The van der Waals surface area contributed by atoms with Crippen molar-refractivity contribution in [2.45, 2.75) is 25.8 Å². The lowest BCUT2D eigenvalue weighted by Gasteiger charge is -2.28. The van der Waals surface area contributed by atoms with E-state index < -0.39 is 0 Å². The van der Waals surface area contributed by atoms with E-state index in [0.29, 0.717) is 6.54 Å². The number of benzene rings is 1. The average molecular weight is 320 g/mol. The lowest BCUT2D eigenvalue weighted by atomic mass is 10.1. The predicted molar refractivity (Wildman–Crippen MR) is 78.5 cm³/mol. The third-order valence-electron chi connectivity index (χ3n) is 2.94. The Kier molecular flexibility index (Phi) is 6.49. The van der Waals surface area contributed by atoms with Gasteiger partial charge in [-0.3, -0.25) is 4.90 Å². The Morgan fingerprint density at radius 1 is 1.47 bits per heavy atom. The average Bonchev–Trinajstić information content (AvgIpc) is 2.32. The summed E-state index contributed by atoms with van der Waals surface area (Å²) in [6.45, 7) is 3.81. The molecule has 2 N–H and O–H groups in total. The number of halogens is 2. The lowest BCUT2D eigenvalue weighted by molar-refractivity contribution is 0.246. The topological polar surface area (TPSA) is 29.3 Å². The number of rotatable bonds is 6. The van der Waals surface area contributed by atoms with Gasteiger partial charge in [-0.25, -0.2) is 0 Å². The van der Waals surface area contributed by atoms with Crippen LogP contribution < -0.4 is 5.73 Å². The Morgan fingerprint density at radius 2 is 2.18 bits per heavy atom. The van der Waals surface area contributed by atoms with Crippen LogP contribution in [0.5, 0.6) is 0 Å². The van der Waals surface area contributed by atoms with Gasteiger partial charge >= 0.3 is 0 Å². The van der Waals surface area contributed by atoms with Crippen LogP contribution in [0.3, 0.4) is 0 Å². The maximum atomic E-state index is 6.24. The summed E-state index contributed by atoms with van der Waals surface area (Å²) in [5.74, 6) is 0. The first-order valence-corrected chi connectivity index (χ1v) is 7.12. The zero-order chi connectivity index (χ0) is 12.8. The molecule has 0 heterocycles. The largest absolute Gasteiger partial charge is 0.329 e. The van der Waals surface area contributed by atoms with Crippen molar-refractivity contribution in [2.24, 2.45) is 5.73 Å². The van der Waals surface area contributed by atoms with E-state index in [9.17, 15) is 0 Å². The number of nitrogens with two attached hydrogens (primary N) is 1. The minimum Gasteiger partial charge on any atom is -0.329 e. The van der Waals surface area contributed by atoms with Gasteiger partial charge in [0.2, 0.25) is 0 Å². The molecule has 0 aliphatic rings. The van der Waals surface area contributed by atoms with Crippen molar-refractivity contribution in [1.82, 2.24) is 4.90 Å². The van der Waals surface area contributed by atoms with Gasteiger partial charge in [0.25, 0.3) is 0 Å². The van der Waals surface area contributed by atoms with Crippen molar-refractivity contribution in [3.8, 4) is 0 Å². The normalized spacial score (nSPS) is 13.1. The SMILES string of the molecule is CCCCN(C)C(CN)c1cc(Br)ccc1Cl. The van der Waals surface area contributed by atoms with Gasteiger partial charge in [0.05, 0.1) is 0 Å². The van der Waals surface area contributed by atoms with Gasteiger partial charge in [0.15, 0.2) is 0 Å². The zero-order valence-corrected chi connectivity index (χ0v) is 12.8. The summed E-state index contributed by atoms with van der Waals surface area (Å²) in [6.07, 6.45) is 2.37. The molecular formula is C13H20BrClN2. The quantitative estimate of drug-likeness (QED) is 0.863. The van der Waals surface area contributed by atoms with Crippen molar-refractivity contribution in [3.63, 3.8) is 0 Å². The highest BCUT2D eigenvalue weighted by Crippen LogP contribution is 2.29. The van der Waals surface area contributed by atoms with Crippen LogP contribution in [0.25, 0.3) is 0 Å². The summed E-state index contributed by atoms with van der Waals surface area (Å²) in [5, 5.41) is 0.784. The first kappa shape index (κ1) is 15.0. The van der Waals surface area contributed by atoms with E-state index in [1.807, 2.05) is 12.1 Å². The smallest absolute Gasteiger partial charge is 0.0482 e. The molecule has 1 aromatic carbocycles. The van der Waals surface area contributed by atoms with Gasteiger partial charge in [-0.15, -0.1) is 0 Å². The molecule has 1 unspecified atom stereocenters. The van der Waals surface area contributed by atoms with Crippen molar-refractivity contribution >= 4 is 27.5 Å². The second-order valence-electron chi connectivity index (χ2n) is 4.25. The molecule has 0 spiro atoms. The highest BCUT2D eigenvalue weighted by molar-refractivity contribution is 9.10. The van der Waals surface area contributed by atoms with E-state index in [-0.39, 0.29) is 6.04 Å². The first-order chi connectivity index (χ1) is 8.10. The van der Waals surface area contributed by atoms with E-state index in [1.165, 1.54) is 12.8 Å². The first-order valence-electron chi connectivity index (χ1n) is 5.95. The van der Waals surface area contributed by atoms with Crippen molar-refractivity contribution in [3.05, 3.63) is 33.3 Å². The Hall–Kier alpha value is -0.0900. The fourth-order valence-corrected chi connectivity index (χ4v) is 2.50. The van der Waals surface area contributed by atoms with Crippen LogP contribution in [0.1, 0.15) is 31.4 Å². The van der Waals surface area contributed by atoms with Crippen LogP contribution in [0.15, 0.2) is 22.7 Å². The van der Waals surface area contributed by atoms with Crippen LogP contribution >= 0.6 is 27.5 Å². The number of unbranched alkanes of at least 4 members (excludes halogenated alkanes) is 1. The molecule has 2 nitrogen and oxygen atoms in total. The molecule has 96 valence electrons. The Balaban J connectivity index is 2.88. The van der Waals surface area contributed by atoms with Crippen molar-refractivity contribution in [1.29, 1.82) is 0 Å². The minimum atomic E-state index is 0.187. The molecule has 0 aromatic heterocycles. The molecule has 4 heteroatoms. The summed E-state index contributed by atoms with van der Waals surface area (Å²) >= 11 is 9.72. The third kappa shape index (κ3) is 4.25. The maximum absolute atomic E-state index is 6.24. The second kappa shape index (κ2) is 7.37. The Bertz CT molecular complexity index is 357. The zero-order valence-electron chi connectivity index (χ0n) is 10.4. The van der Waals surface area contributed by atoms with Crippen molar-refractivity contribution < 1.29 is 0 Å². The molecule has 0 aliphatic heterocycles. The van der Waals surface area contributed by atoms with Crippen LogP contribution in [0.4, 0.5) is 0 Å². The molecule has 1 atom stereocenters. The van der Waals surface area contributed by atoms with Gasteiger partial charge in [0, 0.05) is 22.1 Å². The standard InChI is InChI=1S/C13H20BrClN2/c1-3-4-7-17(2)13(9-16)11-8-10(14)5-6-12(11)15/h5-6,8,13H,3-4,7,9,16H2,1-2H3. The molecule has 17 heavy (non-hydrogen) atoms. The van der Waals surface area contributed by atoms with E-state index in [1.54, 1.807) is 0 Å². The Labute approximate surface area is 117 Å². The second-order valence-corrected chi connectivity index (χ2v) is 5.57. The number of nitrogens with zero attached hydrogens (tertiary/aromatic N) is 1. The van der Waals surface area contributed by atoms with Gasteiger partial charge in [-0.1, -0.05) is 40.9 Å². The van der Waals surface area contributed by atoms with Crippen LogP contribution in [-0.4, -0.2) is 25.0 Å². The van der Waals surface area contributed by atoms with Crippen LogP contribution in [0.2, 0.25) is 5.02 Å².